The highest BCUT2D eigenvalue weighted by Gasteiger charge is 2.17. The molecule has 1 aromatic heterocycles. The number of aryl methyl sites for hydroxylation is 1. The number of nitrogens with zero attached hydrogens (tertiary/aromatic N) is 4. The van der Waals surface area contributed by atoms with Gasteiger partial charge in [0.2, 0.25) is 5.13 Å². The predicted octanol–water partition coefficient (Wildman–Crippen LogP) is 3.41. The molecule has 1 N–H and O–H groups in total. The third kappa shape index (κ3) is 3.65. The number of non-ortho nitro benzene ring substituents is 1. The van der Waals surface area contributed by atoms with E-state index in [0.29, 0.717) is 5.13 Å². The first-order valence-electron chi connectivity index (χ1n) is 7.38. The number of nitro groups is 1. The fourth-order valence-electron chi connectivity index (χ4n) is 2.57. The van der Waals surface area contributed by atoms with Crippen molar-refractivity contribution in [3.8, 4) is 0 Å². The van der Waals surface area contributed by atoms with Gasteiger partial charge in [0.05, 0.1) is 16.8 Å². The first kappa shape index (κ1) is 15.4. The number of thiazole rings is 1. The minimum absolute atomic E-state index is 0.0690. The number of hydrogen-bond donors (Lipinski definition) is 1. The second-order valence-corrected chi connectivity index (χ2v) is 6.22. The largest absolute Gasteiger partial charge is 0.371 e. The van der Waals surface area contributed by atoms with Crippen LogP contribution in [0.4, 0.5) is 16.5 Å². The zero-order chi connectivity index (χ0) is 16.2. The molecule has 1 aromatic carbocycles. The maximum Gasteiger partial charge on any atom is 0.270 e. The molecule has 120 valence electrons. The number of hydrazone groups is 1. The Morgan fingerprint density at radius 1 is 1.43 bits per heavy atom. The Hall–Kier alpha value is -2.48. The molecule has 2 aromatic rings. The summed E-state index contributed by atoms with van der Waals surface area (Å²) in [5.41, 5.74) is 5.59. The number of aromatic nitrogens is 1. The number of hydrogen-bond acceptors (Lipinski definition) is 7. The summed E-state index contributed by atoms with van der Waals surface area (Å²) in [6.45, 7) is 3.85. The highest BCUT2D eigenvalue weighted by molar-refractivity contribution is 7.13. The lowest BCUT2D eigenvalue weighted by molar-refractivity contribution is -0.384. The Labute approximate surface area is 137 Å². The summed E-state index contributed by atoms with van der Waals surface area (Å²) in [6, 6.07) is 4.91. The van der Waals surface area contributed by atoms with Gasteiger partial charge in [-0.15, -0.1) is 11.3 Å². The number of benzene rings is 1. The first-order valence-corrected chi connectivity index (χ1v) is 8.26. The average molecular weight is 331 g/mol. The maximum atomic E-state index is 11.0. The van der Waals surface area contributed by atoms with E-state index in [1.807, 2.05) is 12.3 Å². The van der Waals surface area contributed by atoms with Gasteiger partial charge >= 0.3 is 0 Å². The minimum atomic E-state index is -0.386. The van der Waals surface area contributed by atoms with E-state index < -0.39 is 0 Å². The van der Waals surface area contributed by atoms with Gasteiger partial charge in [0.1, 0.15) is 0 Å². The normalized spacial score (nSPS) is 14.6. The summed E-state index contributed by atoms with van der Waals surface area (Å²) in [4.78, 5) is 17.1. The smallest absolute Gasteiger partial charge is 0.270 e. The summed E-state index contributed by atoms with van der Waals surface area (Å²) in [5, 5.41) is 17.8. The van der Waals surface area contributed by atoms with Gasteiger partial charge in [0.15, 0.2) is 0 Å². The molecule has 0 aliphatic carbocycles. The van der Waals surface area contributed by atoms with Crippen LogP contribution >= 0.6 is 11.3 Å². The second-order valence-electron chi connectivity index (χ2n) is 5.36. The van der Waals surface area contributed by atoms with E-state index >= 15 is 0 Å². The molecule has 0 radical (unpaired) electrons. The predicted molar refractivity (Wildman–Crippen MR) is 92.6 cm³/mol. The Morgan fingerprint density at radius 2 is 2.22 bits per heavy atom. The molecule has 0 unspecified atom stereocenters. The lowest BCUT2D eigenvalue weighted by Gasteiger charge is -2.19. The number of anilines is 2. The van der Waals surface area contributed by atoms with Crippen molar-refractivity contribution in [3.05, 3.63) is 45.0 Å². The third-order valence-electron chi connectivity index (χ3n) is 3.65. The third-order valence-corrected chi connectivity index (χ3v) is 4.52. The fourth-order valence-corrected chi connectivity index (χ4v) is 3.20. The molecule has 23 heavy (non-hydrogen) atoms. The van der Waals surface area contributed by atoms with Crippen LogP contribution in [0.2, 0.25) is 0 Å². The molecule has 1 aliphatic rings. The maximum absolute atomic E-state index is 11.0. The van der Waals surface area contributed by atoms with Crippen molar-refractivity contribution in [1.82, 2.24) is 4.98 Å². The monoisotopic (exact) mass is 331 g/mol. The van der Waals surface area contributed by atoms with Crippen molar-refractivity contribution in [2.45, 2.75) is 19.8 Å². The van der Waals surface area contributed by atoms with Crippen LogP contribution in [-0.4, -0.2) is 29.2 Å². The summed E-state index contributed by atoms with van der Waals surface area (Å²) in [5.74, 6) is 0. The molecule has 1 fully saturated rings. The first-order chi connectivity index (χ1) is 11.1. The van der Waals surface area contributed by atoms with E-state index in [1.165, 1.54) is 11.3 Å². The molecular weight excluding hydrogens is 314 g/mol. The molecule has 7 nitrogen and oxygen atoms in total. The topological polar surface area (TPSA) is 83.7 Å². The van der Waals surface area contributed by atoms with Crippen molar-refractivity contribution in [1.29, 1.82) is 0 Å². The van der Waals surface area contributed by atoms with Crippen molar-refractivity contribution in [2.75, 3.05) is 23.4 Å². The van der Waals surface area contributed by atoms with E-state index in [4.69, 9.17) is 0 Å². The quantitative estimate of drug-likeness (QED) is 0.516. The molecular formula is C15H17N5O2S. The molecule has 0 saturated carbocycles. The Bertz CT molecular complexity index is 737. The molecule has 3 rings (SSSR count). The van der Waals surface area contributed by atoms with Crippen molar-refractivity contribution < 1.29 is 4.92 Å². The van der Waals surface area contributed by atoms with Gasteiger partial charge in [-0.2, -0.15) is 5.10 Å². The van der Waals surface area contributed by atoms with Crippen LogP contribution in [0.15, 0.2) is 28.7 Å². The standard InChI is InChI=1S/C15H17N5O2S/c1-11-10-23-15(17-11)18-16-9-12-8-13(20(21)22)4-5-14(12)19-6-2-3-7-19/h4-5,8-10H,2-3,6-7H2,1H3,(H,17,18). The van der Waals surface area contributed by atoms with E-state index in [1.54, 1.807) is 24.4 Å². The van der Waals surface area contributed by atoms with Gasteiger partial charge in [-0.25, -0.2) is 4.98 Å². The molecule has 8 heteroatoms. The Kier molecular flexibility index (Phi) is 4.52. The van der Waals surface area contributed by atoms with Crippen LogP contribution in [0.1, 0.15) is 24.1 Å². The number of nitrogens with one attached hydrogen (secondary N) is 1. The van der Waals surface area contributed by atoms with E-state index in [0.717, 1.165) is 42.9 Å². The van der Waals surface area contributed by atoms with Gasteiger partial charge in [0, 0.05) is 41.9 Å². The summed E-state index contributed by atoms with van der Waals surface area (Å²) < 4.78 is 0. The molecule has 0 atom stereocenters. The van der Waals surface area contributed by atoms with E-state index in [9.17, 15) is 10.1 Å². The van der Waals surface area contributed by atoms with Crippen molar-refractivity contribution >= 4 is 34.1 Å². The van der Waals surface area contributed by atoms with Crippen LogP contribution in [0, 0.1) is 17.0 Å². The highest BCUT2D eigenvalue weighted by atomic mass is 32.1. The van der Waals surface area contributed by atoms with Gasteiger partial charge < -0.3 is 4.90 Å². The molecule has 2 heterocycles. The second kappa shape index (κ2) is 6.74. The fraction of sp³-hybridized carbons (Fsp3) is 0.333. The number of rotatable bonds is 5. The van der Waals surface area contributed by atoms with Gasteiger partial charge in [-0.1, -0.05) is 0 Å². The SMILES string of the molecule is Cc1csc(NN=Cc2cc([N+](=O)[O-])ccc2N2CCCC2)n1. The van der Waals surface area contributed by atoms with Crippen LogP contribution in [0.5, 0.6) is 0 Å². The Balaban J connectivity index is 1.84. The molecule has 0 bridgehead atoms. The van der Waals surface area contributed by atoms with Crippen LogP contribution in [0.25, 0.3) is 0 Å². The van der Waals surface area contributed by atoms with Crippen molar-refractivity contribution in [2.24, 2.45) is 5.10 Å². The van der Waals surface area contributed by atoms with Crippen molar-refractivity contribution in [3.63, 3.8) is 0 Å². The average Bonchev–Trinajstić information content (AvgIpc) is 3.19. The molecule has 0 amide bonds. The van der Waals surface area contributed by atoms with Crippen LogP contribution in [0.3, 0.4) is 0 Å². The summed E-state index contributed by atoms with van der Waals surface area (Å²) in [6.07, 6.45) is 3.91. The highest BCUT2D eigenvalue weighted by Crippen LogP contribution is 2.27. The van der Waals surface area contributed by atoms with Crippen LogP contribution in [-0.2, 0) is 0 Å². The van der Waals surface area contributed by atoms with Gasteiger partial charge in [0.25, 0.3) is 5.69 Å². The van der Waals surface area contributed by atoms with Gasteiger partial charge in [-0.3, -0.25) is 15.5 Å². The van der Waals surface area contributed by atoms with E-state index in [-0.39, 0.29) is 10.6 Å². The molecule has 1 aliphatic heterocycles. The zero-order valence-electron chi connectivity index (χ0n) is 12.7. The van der Waals surface area contributed by atoms with E-state index in [2.05, 4.69) is 20.4 Å². The minimum Gasteiger partial charge on any atom is -0.371 e. The lowest BCUT2D eigenvalue weighted by Crippen LogP contribution is -2.19. The zero-order valence-corrected chi connectivity index (χ0v) is 13.5. The Morgan fingerprint density at radius 3 is 2.87 bits per heavy atom. The number of nitro benzene ring substituents is 1. The summed E-state index contributed by atoms with van der Waals surface area (Å²) >= 11 is 1.47. The molecule has 0 spiro atoms. The lowest BCUT2D eigenvalue weighted by atomic mass is 10.1. The molecule has 1 saturated heterocycles. The summed E-state index contributed by atoms with van der Waals surface area (Å²) in [7, 11) is 0. The van der Waals surface area contributed by atoms with Gasteiger partial charge in [-0.05, 0) is 25.8 Å². The van der Waals surface area contributed by atoms with Crippen LogP contribution < -0.4 is 10.3 Å².